The van der Waals surface area contributed by atoms with Crippen molar-refractivity contribution in [1.82, 2.24) is 10.2 Å². The van der Waals surface area contributed by atoms with E-state index in [1.165, 1.54) is 25.9 Å². The van der Waals surface area contributed by atoms with Gasteiger partial charge < -0.3 is 15.0 Å². The Labute approximate surface area is 98.3 Å². The Kier molecular flexibility index (Phi) is 6.42. The van der Waals surface area contributed by atoms with Gasteiger partial charge in [0, 0.05) is 13.2 Å². The van der Waals surface area contributed by atoms with Crippen molar-refractivity contribution in [2.24, 2.45) is 5.92 Å². The molecule has 94 valence electrons. The third-order valence-corrected chi connectivity index (χ3v) is 3.15. The summed E-state index contributed by atoms with van der Waals surface area (Å²) in [4.78, 5) is 13.6. The van der Waals surface area contributed by atoms with Crippen LogP contribution in [0.25, 0.3) is 0 Å². The SMILES string of the molecule is CCOCC(=O)NCCC1CCN(C)CC1. The normalized spacial score (nSPS) is 18.6. The van der Waals surface area contributed by atoms with E-state index in [4.69, 9.17) is 4.74 Å². The van der Waals surface area contributed by atoms with Gasteiger partial charge in [0.05, 0.1) is 0 Å². The molecule has 1 rings (SSSR count). The van der Waals surface area contributed by atoms with Crippen LogP contribution in [0.15, 0.2) is 0 Å². The number of likely N-dealkylation sites (tertiary alicyclic amines) is 1. The number of hydrogen-bond acceptors (Lipinski definition) is 3. The van der Waals surface area contributed by atoms with Gasteiger partial charge in [0.1, 0.15) is 6.61 Å². The zero-order chi connectivity index (χ0) is 11.8. The highest BCUT2D eigenvalue weighted by molar-refractivity contribution is 5.77. The molecule has 0 bridgehead atoms. The maximum absolute atomic E-state index is 11.3. The van der Waals surface area contributed by atoms with E-state index in [0.29, 0.717) is 6.61 Å². The highest BCUT2D eigenvalue weighted by Crippen LogP contribution is 2.18. The van der Waals surface area contributed by atoms with Crippen LogP contribution in [0.4, 0.5) is 0 Å². The molecule has 0 saturated carbocycles. The largest absolute Gasteiger partial charge is 0.372 e. The van der Waals surface area contributed by atoms with Gasteiger partial charge in [0.15, 0.2) is 0 Å². The first-order valence-corrected chi connectivity index (χ1v) is 6.25. The minimum absolute atomic E-state index is 0.00905. The van der Waals surface area contributed by atoms with Crippen LogP contribution < -0.4 is 5.32 Å². The summed E-state index contributed by atoms with van der Waals surface area (Å²) in [5, 5.41) is 2.90. The fourth-order valence-corrected chi connectivity index (χ4v) is 2.01. The number of carbonyl (C=O) groups is 1. The molecule has 16 heavy (non-hydrogen) atoms. The highest BCUT2D eigenvalue weighted by Gasteiger charge is 2.16. The Balaban J connectivity index is 2.00. The van der Waals surface area contributed by atoms with Crippen molar-refractivity contribution in [3.05, 3.63) is 0 Å². The monoisotopic (exact) mass is 228 g/mol. The lowest BCUT2D eigenvalue weighted by molar-refractivity contribution is -0.125. The molecule has 1 fully saturated rings. The molecule has 0 aliphatic carbocycles. The first kappa shape index (κ1) is 13.5. The summed E-state index contributed by atoms with van der Waals surface area (Å²) < 4.78 is 5.03. The third-order valence-electron chi connectivity index (χ3n) is 3.15. The minimum atomic E-state index is 0.00905. The summed E-state index contributed by atoms with van der Waals surface area (Å²) >= 11 is 0. The van der Waals surface area contributed by atoms with Crippen molar-refractivity contribution in [2.45, 2.75) is 26.2 Å². The molecule has 1 saturated heterocycles. The van der Waals surface area contributed by atoms with Gasteiger partial charge in [0.2, 0.25) is 5.91 Å². The number of nitrogens with zero attached hydrogens (tertiary/aromatic N) is 1. The van der Waals surface area contributed by atoms with Crippen LogP contribution in [-0.4, -0.2) is 50.7 Å². The number of amides is 1. The van der Waals surface area contributed by atoms with Gasteiger partial charge in [0.25, 0.3) is 0 Å². The molecule has 1 amide bonds. The van der Waals surface area contributed by atoms with Gasteiger partial charge in [-0.1, -0.05) is 0 Å². The van der Waals surface area contributed by atoms with Gasteiger partial charge in [-0.2, -0.15) is 0 Å². The molecule has 1 aliphatic heterocycles. The van der Waals surface area contributed by atoms with Gasteiger partial charge in [-0.3, -0.25) is 4.79 Å². The molecule has 0 atom stereocenters. The predicted molar refractivity (Wildman–Crippen MR) is 64.3 cm³/mol. The van der Waals surface area contributed by atoms with Crippen LogP contribution in [0.1, 0.15) is 26.2 Å². The van der Waals surface area contributed by atoms with Gasteiger partial charge in [-0.15, -0.1) is 0 Å². The lowest BCUT2D eigenvalue weighted by Gasteiger charge is -2.28. The predicted octanol–water partition coefficient (Wildman–Crippen LogP) is 0.871. The summed E-state index contributed by atoms with van der Waals surface area (Å²) in [6, 6.07) is 0. The van der Waals surface area contributed by atoms with E-state index >= 15 is 0 Å². The zero-order valence-corrected chi connectivity index (χ0v) is 10.5. The van der Waals surface area contributed by atoms with Crippen molar-refractivity contribution in [3.63, 3.8) is 0 Å². The number of rotatable bonds is 6. The highest BCUT2D eigenvalue weighted by atomic mass is 16.5. The summed E-state index contributed by atoms with van der Waals surface area (Å²) in [6.45, 7) is 5.87. The van der Waals surface area contributed by atoms with Crippen molar-refractivity contribution < 1.29 is 9.53 Å². The van der Waals surface area contributed by atoms with E-state index in [-0.39, 0.29) is 12.5 Å². The van der Waals surface area contributed by atoms with Crippen molar-refractivity contribution in [3.8, 4) is 0 Å². The Morgan fingerprint density at radius 1 is 1.44 bits per heavy atom. The van der Waals surface area contributed by atoms with E-state index < -0.39 is 0 Å². The summed E-state index contributed by atoms with van der Waals surface area (Å²) in [5.74, 6) is 0.790. The van der Waals surface area contributed by atoms with Crippen LogP contribution in [0.5, 0.6) is 0 Å². The lowest BCUT2D eigenvalue weighted by Crippen LogP contribution is -2.33. The van der Waals surface area contributed by atoms with Crippen LogP contribution in [0, 0.1) is 5.92 Å². The van der Waals surface area contributed by atoms with Crippen LogP contribution in [0.2, 0.25) is 0 Å². The van der Waals surface area contributed by atoms with Crippen LogP contribution in [-0.2, 0) is 9.53 Å². The molecule has 0 aromatic rings. The molecule has 1 N–H and O–H groups in total. The maximum Gasteiger partial charge on any atom is 0.245 e. The van der Waals surface area contributed by atoms with E-state index in [0.717, 1.165) is 18.9 Å². The average Bonchev–Trinajstić information content (AvgIpc) is 2.29. The third kappa shape index (κ3) is 5.47. The molecule has 4 nitrogen and oxygen atoms in total. The molecule has 1 heterocycles. The quantitative estimate of drug-likeness (QED) is 0.733. The van der Waals surface area contributed by atoms with Crippen molar-refractivity contribution in [1.29, 1.82) is 0 Å². The molecule has 0 aromatic carbocycles. The Morgan fingerprint density at radius 2 is 2.12 bits per heavy atom. The van der Waals surface area contributed by atoms with Crippen molar-refractivity contribution in [2.75, 3.05) is 39.9 Å². The minimum Gasteiger partial charge on any atom is -0.372 e. The Hall–Kier alpha value is -0.610. The second kappa shape index (κ2) is 7.63. The molecule has 0 spiro atoms. The van der Waals surface area contributed by atoms with Crippen LogP contribution in [0.3, 0.4) is 0 Å². The molecule has 0 unspecified atom stereocenters. The number of piperidine rings is 1. The maximum atomic E-state index is 11.3. The van der Waals surface area contributed by atoms with Crippen LogP contribution >= 0.6 is 0 Å². The average molecular weight is 228 g/mol. The summed E-state index contributed by atoms with van der Waals surface area (Å²) in [5.41, 5.74) is 0. The molecular formula is C12H24N2O2. The van der Waals surface area contributed by atoms with E-state index in [1.54, 1.807) is 0 Å². The van der Waals surface area contributed by atoms with Gasteiger partial charge >= 0.3 is 0 Å². The number of hydrogen-bond donors (Lipinski definition) is 1. The fraction of sp³-hybridized carbons (Fsp3) is 0.917. The van der Waals surface area contributed by atoms with E-state index in [9.17, 15) is 4.79 Å². The second-order valence-electron chi connectivity index (χ2n) is 4.52. The summed E-state index contributed by atoms with van der Waals surface area (Å²) in [7, 11) is 2.17. The van der Waals surface area contributed by atoms with Gasteiger partial charge in [-0.25, -0.2) is 0 Å². The standard InChI is InChI=1S/C12H24N2O2/c1-3-16-10-12(15)13-7-4-11-5-8-14(2)9-6-11/h11H,3-10H2,1-2H3,(H,13,15). The summed E-state index contributed by atoms with van der Waals surface area (Å²) in [6.07, 6.45) is 3.63. The van der Waals surface area contributed by atoms with E-state index in [2.05, 4.69) is 17.3 Å². The molecule has 0 aromatic heterocycles. The number of nitrogens with one attached hydrogen (secondary N) is 1. The molecule has 0 radical (unpaired) electrons. The molecule has 4 heteroatoms. The Morgan fingerprint density at radius 3 is 2.75 bits per heavy atom. The van der Waals surface area contributed by atoms with Crippen molar-refractivity contribution >= 4 is 5.91 Å². The Bertz CT molecular complexity index is 201. The molecular weight excluding hydrogens is 204 g/mol. The molecule has 1 aliphatic rings. The number of carbonyl (C=O) groups excluding carboxylic acids is 1. The fourth-order valence-electron chi connectivity index (χ4n) is 2.01. The zero-order valence-electron chi connectivity index (χ0n) is 10.5. The smallest absolute Gasteiger partial charge is 0.245 e. The van der Waals surface area contributed by atoms with E-state index in [1.807, 2.05) is 6.92 Å². The number of ether oxygens (including phenoxy) is 1. The second-order valence-corrected chi connectivity index (χ2v) is 4.52. The first-order chi connectivity index (χ1) is 7.72. The lowest BCUT2D eigenvalue weighted by atomic mass is 9.94. The van der Waals surface area contributed by atoms with Gasteiger partial charge in [-0.05, 0) is 52.2 Å². The first-order valence-electron chi connectivity index (χ1n) is 6.25. The topological polar surface area (TPSA) is 41.6 Å².